The van der Waals surface area contributed by atoms with E-state index >= 15 is 0 Å². The molecule has 1 fully saturated rings. The number of carbonyl (C=O) groups excluding carboxylic acids is 1. The minimum atomic E-state index is -0.139. The Labute approximate surface area is 175 Å². The lowest BCUT2D eigenvalue weighted by atomic mass is 10.3. The molecule has 1 aliphatic rings. The fourth-order valence-corrected chi connectivity index (χ4v) is 4.67. The molecule has 4 rings (SSSR count). The van der Waals surface area contributed by atoms with Crippen LogP contribution in [-0.4, -0.2) is 10.2 Å². The van der Waals surface area contributed by atoms with E-state index < -0.39 is 0 Å². The number of nitrogens with zero attached hydrogens (tertiary/aromatic N) is 1. The fourth-order valence-electron chi connectivity index (χ4n) is 2.48. The lowest BCUT2D eigenvalue weighted by Gasteiger charge is -2.13. The first-order valence-corrected chi connectivity index (χ1v) is 10.4. The van der Waals surface area contributed by atoms with Gasteiger partial charge >= 0.3 is 0 Å². The largest absolute Gasteiger partial charge is 0.450 e. The second-order valence-corrected chi connectivity index (χ2v) is 8.76. The summed E-state index contributed by atoms with van der Waals surface area (Å²) in [5, 5.41) is 1.43. The van der Waals surface area contributed by atoms with Crippen molar-refractivity contribution in [3.8, 4) is 0 Å². The molecule has 0 atom stereocenters. The van der Waals surface area contributed by atoms with Gasteiger partial charge in [0, 0.05) is 16.0 Å². The molecule has 3 nitrogen and oxygen atoms in total. The maximum Gasteiger partial charge on any atom is 0.270 e. The number of furan rings is 1. The van der Waals surface area contributed by atoms with E-state index in [1.807, 2.05) is 66.7 Å². The Balaban J connectivity index is 1.52. The minimum Gasteiger partial charge on any atom is -0.450 e. The Kier molecular flexibility index (Phi) is 5.41. The van der Waals surface area contributed by atoms with E-state index in [1.165, 1.54) is 28.4 Å². The summed E-state index contributed by atoms with van der Waals surface area (Å²) in [6.07, 6.45) is 1.73. The van der Waals surface area contributed by atoms with Crippen LogP contribution in [0.4, 0.5) is 5.69 Å². The fraction of sp³-hybridized carbons (Fsp3) is 0. The van der Waals surface area contributed by atoms with E-state index in [1.54, 1.807) is 6.08 Å². The second kappa shape index (κ2) is 7.94. The molecule has 0 spiro atoms. The first kappa shape index (κ1) is 18.4. The number of hydrogen-bond acceptors (Lipinski definition) is 5. The molecule has 0 aliphatic carbocycles. The molecule has 0 N–H and O–H groups in total. The van der Waals surface area contributed by atoms with Gasteiger partial charge in [-0.2, -0.15) is 0 Å². The maximum absolute atomic E-state index is 12.7. The van der Waals surface area contributed by atoms with Gasteiger partial charge in [0.15, 0.2) is 9.41 Å². The molecule has 0 bridgehead atoms. The van der Waals surface area contributed by atoms with Gasteiger partial charge in [-0.3, -0.25) is 9.69 Å². The monoisotopic (exact) mass is 429 g/mol. The number of benzene rings is 2. The third-order valence-corrected chi connectivity index (χ3v) is 6.20. The van der Waals surface area contributed by atoms with Crippen LogP contribution in [0, 0.1) is 0 Å². The van der Waals surface area contributed by atoms with Crippen molar-refractivity contribution < 1.29 is 9.21 Å². The van der Waals surface area contributed by atoms with E-state index in [4.69, 9.17) is 28.2 Å². The Hall–Kier alpha value is -1.99. The van der Waals surface area contributed by atoms with Crippen molar-refractivity contribution in [1.29, 1.82) is 0 Å². The van der Waals surface area contributed by atoms with Crippen molar-refractivity contribution in [2.75, 3.05) is 4.90 Å². The number of anilines is 1. The number of para-hydroxylation sites is 1. The van der Waals surface area contributed by atoms with Gasteiger partial charge in [-0.1, -0.05) is 65.5 Å². The van der Waals surface area contributed by atoms with Crippen molar-refractivity contribution in [3.63, 3.8) is 0 Å². The Morgan fingerprint density at radius 1 is 1.04 bits per heavy atom. The van der Waals surface area contributed by atoms with Crippen LogP contribution in [0.25, 0.3) is 6.08 Å². The quantitative estimate of drug-likeness (QED) is 0.349. The Bertz CT molecular complexity index is 1030. The third-order valence-electron chi connectivity index (χ3n) is 3.72. The van der Waals surface area contributed by atoms with E-state index in [9.17, 15) is 4.79 Å². The number of hydrogen-bond donors (Lipinski definition) is 0. The normalized spacial score (nSPS) is 15.7. The molecule has 1 aromatic heterocycles. The zero-order valence-corrected chi connectivity index (χ0v) is 17.0. The molecule has 3 aromatic rings. The SMILES string of the molecule is O=C1C(=Cc2ccc(Sc3ccc(Cl)cc3)o2)SC(=S)N1c1ccccc1. The summed E-state index contributed by atoms with van der Waals surface area (Å²) in [5.41, 5.74) is 0.766. The highest BCUT2D eigenvalue weighted by Gasteiger charge is 2.33. The number of thiocarbonyl (C=S) groups is 1. The van der Waals surface area contributed by atoms with Crippen molar-refractivity contribution >= 4 is 69.3 Å². The third kappa shape index (κ3) is 4.14. The zero-order valence-electron chi connectivity index (χ0n) is 13.8. The van der Waals surface area contributed by atoms with Crippen LogP contribution in [0.15, 0.2) is 86.0 Å². The first-order valence-electron chi connectivity index (χ1n) is 7.96. The van der Waals surface area contributed by atoms with Crippen LogP contribution >= 0.6 is 47.3 Å². The van der Waals surface area contributed by atoms with Crippen LogP contribution in [0.1, 0.15) is 5.76 Å². The predicted molar refractivity (Wildman–Crippen MR) is 116 cm³/mol. The number of rotatable bonds is 4. The summed E-state index contributed by atoms with van der Waals surface area (Å²) in [5.74, 6) is 0.472. The molecule has 0 saturated carbocycles. The summed E-state index contributed by atoms with van der Waals surface area (Å²) in [6.45, 7) is 0. The number of halogens is 1. The van der Waals surface area contributed by atoms with Gasteiger partial charge in [0.25, 0.3) is 5.91 Å². The van der Waals surface area contributed by atoms with Crippen LogP contribution in [0.5, 0.6) is 0 Å². The van der Waals surface area contributed by atoms with Crippen molar-refractivity contribution in [2.45, 2.75) is 9.99 Å². The first-order chi connectivity index (χ1) is 13.1. The number of thioether (sulfide) groups is 1. The molecule has 27 heavy (non-hydrogen) atoms. The average Bonchev–Trinajstić information content (AvgIpc) is 3.22. The Morgan fingerprint density at radius 2 is 1.78 bits per heavy atom. The molecule has 1 saturated heterocycles. The van der Waals surface area contributed by atoms with E-state index in [0.717, 1.165) is 15.7 Å². The molecule has 7 heteroatoms. The molecule has 0 unspecified atom stereocenters. The lowest BCUT2D eigenvalue weighted by Crippen LogP contribution is -2.27. The highest BCUT2D eigenvalue weighted by atomic mass is 35.5. The lowest BCUT2D eigenvalue weighted by molar-refractivity contribution is -0.113. The highest BCUT2D eigenvalue weighted by Crippen LogP contribution is 2.37. The van der Waals surface area contributed by atoms with Gasteiger partial charge < -0.3 is 4.42 Å². The molecule has 2 heterocycles. The molecule has 0 radical (unpaired) electrons. The topological polar surface area (TPSA) is 33.5 Å². The van der Waals surface area contributed by atoms with Gasteiger partial charge in [-0.25, -0.2) is 0 Å². The average molecular weight is 430 g/mol. The zero-order chi connectivity index (χ0) is 18.8. The standard InChI is InChI=1S/C20H12ClNO2S3/c21-13-6-9-16(10-7-13)26-18-11-8-15(24-18)12-17-19(23)22(20(25)27-17)14-4-2-1-3-5-14/h1-12H. The summed E-state index contributed by atoms with van der Waals surface area (Å²) < 4.78 is 6.34. The maximum atomic E-state index is 12.7. The van der Waals surface area contributed by atoms with Gasteiger partial charge in [0.2, 0.25) is 0 Å². The van der Waals surface area contributed by atoms with Crippen LogP contribution < -0.4 is 4.90 Å². The van der Waals surface area contributed by atoms with Gasteiger partial charge in [-0.05, 0) is 48.5 Å². The molecule has 2 aromatic carbocycles. The van der Waals surface area contributed by atoms with Crippen LogP contribution in [0.2, 0.25) is 5.02 Å². The highest BCUT2D eigenvalue weighted by molar-refractivity contribution is 8.27. The molecular weight excluding hydrogens is 418 g/mol. The summed E-state index contributed by atoms with van der Waals surface area (Å²) in [7, 11) is 0. The summed E-state index contributed by atoms with van der Waals surface area (Å²) in [6, 6.07) is 20.6. The molecular formula is C20H12ClNO2S3. The van der Waals surface area contributed by atoms with Crippen molar-refractivity contribution in [2.24, 2.45) is 0 Å². The minimum absolute atomic E-state index is 0.139. The van der Waals surface area contributed by atoms with E-state index in [-0.39, 0.29) is 5.91 Å². The van der Waals surface area contributed by atoms with E-state index in [2.05, 4.69) is 0 Å². The second-order valence-electron chi connectivity index (χ2n) is 5.57. The number of carbonyl (C=O) groups is 1. The summed E-state index contributed by atoms with van der Waals surface area (Å²) in [4.78, 5) is 15.8. The van der Waals surface area contributed by atoms with Crippen molar-refractivity contribution in [3.05, 3.63) is 82.4 Å². The molecule has 1 aliphatic heterocycles. The molecule has 134 valence electrons. The smallest absolute Gasteiger partial charge is 0.270 e. The molecule has 1 amide bonds. The number of amides is 1. The van der Waals surface area contributed by atoms with Gasteiger partial charge in [0.1, 0.15) is 5.76 Å². The predicted octanol–water partition coefficient (Wildman–Crippen LogP) is 6.49. The van der Waals surface area contributed by atoms with Crippen LogP contribution in [-0.2, 0) is 4.79 Å². The van der Waals surface area contributed by atoms with Crippen molar-refractivity contribution in [1.82, 2.24) is 0 Å². The van der Waals surface area contributed by atoms with Gasteiger partial charge in [-0.15, -0.1) is 0 Å². The van der Waals surface area contributed by atoms with E-state index in [0.29, 0.717) is 20.0 Å². The Morgan fingerprint density at radius 3 is 2.52 bits per heavy atom. The summed E-state index contributed by atoms with van der Waals surface area (Å²) >= 11 is 14.0. The van der Waals surface area contributed by atoms with Gasteiger partial charge in [0.05, 0.1) is 10.6 Å². The van der Waals surface area contributed by atoms with Crippen LogP contribution in [0.3, 0.4) is 0 Å².